The molecule has 0 aliphatic carbocycles. The summed E-state index contributed by atoms with van der Waals surface area (Å²) >= 11 is 0. The summed E-state index contributed by atoms with van der Waals surface area (Å²) in [6, 6.07) is 0. The van der Waals surface area contributed by atoms with E-state index < -0.39 is 97.5 Å². The lowest BCUT2D eigenvalue weighted by Crippen LogP contribution is -2.30. The van der Waals surface area contributed by atoms with Crippen molar-refractivity contribution in [2.45, 2.75) is 477 Å². The Bertz CT molecular complexity index is 2010. The summed E-state index contributed by atoms with van der Waals surface area (Å²) in [6.45, 7) is 9.64. The maximum Gasteiger partial charge on any atom is 0.472 e. The molecule has 0 aromatic heterocycles. The molecule has 3 unspecified atom stereocenters. The molecule has 0 aromatic carbocycles. The highest BCUT2D eigenvalue weighted by Gasteiger charge is 2.30. The number of ether oxygens (including phenoxy) is 4. The standard InChI is InChI=1S/C86H168O17P2/c1-7-10-12-14-16-18-20-22-24-26-28-30-32-34-38-42-46-50-58-64-70-85(90)102-81(74-96-83(88)68-62-56-49-45-41-37-33-31-29-27-25-23-21-19-17-15-13-11-8-2)76-100-104(92,93)98-72-80(87)73-99-105(94,95)101-77-82(75-97-84(89)69-63-57-53-52-55-61-67-79(6)9-3)103-86(91)71-65-59-51-47-43-39-35-36-40-44-48-54-60-66-78(4)5/h78-82,87H,7-77H2,1-6H3,(H,92,93)(H,94,95)/t79?,80-,81-,82-/m1/s1. The average molecular weight is 1540 g/mol. The van der Waals surface area contributed by atoms with Crippen molar-refractivity contribution in [1.82, 2.24) is 0 Å². The molecule has 624 valence electrons. The van der Waals surface area contributed by atoms with E-state index in [2.05, 4.69) is 41.5 Å². The SMILES string of the molecule is CCCCCCCCCCCCCCCCCCCCCCC(=O)O[C@H](COC(=O)CCCCCCCCCCCCCCCCCCCCC)COP(=O)(O)OC[C@@H](O)COP(=O)(O)OC[C@@H](COC(=O)CCCCCCCCC(C)CC)OC(=O)CCCCCCCCCCCCCCCC(C)C. The zero-order valence-electron chi connectivity index (χ0n) is 69.0. The lowest BCUT2D eigenvalue weighted by Gasteiger charge is -2.21. The molecule has 0 saturated carbocycles. The molecule has 0 saturated heterocycles. The Hall–Kier alpha value is -1.94. The molecule has 0 spiro atoms. The fraction of sp³-hybridized carbons (Fsp3) is 0.953. The van der Waals surface area contributed by atoms with Crippen molar-refractivity contribution in [3.05, 3.63) is 0 Å². The molecule has 0 bridgehead atoms. The molecule has 0 fully saturated rings. The summed E-state index contributed by atoms with van der Waals surface area (Å²) in [5, 5.41) is 10.7. The van der Waals surface area contributed by atoms with Crippen molar-refractivity contribution in [3.8, 4) is 0 Å². The number of carbonyl (C=O) groups is 4. The number of rotatable bonds is 85. The summed E-state index contributed by atoms with van der Waals surface area (Å²) in [5.74, 6) is -0.587. The average Bonchev–Trinajstić information content (AvgIpc) is 0.913. The molecule has 19 heteroatoms. The van der Waals surface area contributed by atoms with Crippen molar-refractivity contribution in [2.24, 2.45) is 11.8 Å². The molecule has 17 nitrogen and oxygen atoms in total. The molecular weight excluding hydrogens is 1370 g/mol. The second-order valence-electron chi connectivity index (χ2n) is 31.6. The molecule has 0 radical (unpaired) electrons. The van der Waals surface area contributed by atoms with Gasteiger partial charge in [-0.25, -0.2) is 9.13 Å². The molecule has 0 rings (SSSR count). The van der Waals surface area contributed by atoms with Gasteiger partial charge in [-0.1, -0.05) is 408 Å². The molecule has 0 aromatic rings. The molecular formula is C86H168O17P2. The molecule has 0 aliphatic heterocycles. The van der Waals surface area contributed by atoms with Gasteiger partial charge in [-0.2, -0.15) is 0 Å². The lowest BCUT2D eigenvalue weighted by molar-refractivity contribution is -0.161. The van der Waals surface area contributed by atoms with E-state index in [0.717, 1.165) is 108 Å². The Labute approximate surface area is 645 Å². The number of esters is 4. The molecule has 105 heavy (non-hydrogen) atoms. The first kappa shape index (κ1) is 103. The van der Waals surface area contributed by atoms with Gasteiger partial charge < -0.3 is 33.8 Å². The second kappa shape index (κ2) is 77.4. The maximum atomic E-state index is 13.1. The van der Waals surface area contributed by atoms with Crippen molar-refractivity contribution in [1.29, 1.82) is 0 Å². The Morgan fingerprint density at radius 2 is 0.486 bits per heavy atom. The minimum absolute atomic E-state index is 0.107. The topological polar surface area (TPSA) is 237 Å². The highest BCUT2D eigenvalue weighted by molar-refractivity contribution is 7.47. The van der Waals surface area contributed by atoms with Crippen LogP contribution in [0.5, 0.6) is 0 Å². The predicted octanol–water partition coefficient (Wildman–Crippen LogP) is 26.2. The van der Waals surface area contributed by atoms with Gasteiger partial charge in [0.25, 0.3) is 0 Å². The number of hydrogen-bond donors (Lipinski definition) is 3. The van der Waals surface area contributed by atoms with Crippen molar-refractivity contribution in [3.63, 3.8) is 0 Å². The van der Waals surface area contributed by atoms with Crippen molar-refractivity contribution >= 4 is 39.5 Å². The van der Waals surface area contributed by atoms with Crippen molar-refractivity contribution in [2.75, 3.05) is 39.6 Å². The third-order valence-electron chi connectivity index (χ3n) is 20.6. The zero-order valence-corrected chi connectivity index (χ0v) is 70.8. The maximum absolute atomic E-state index is 13.1. The van der Waals surface area contributed by atoms with Gasteiger partial charge in [0.2, 0.25) is 0 Å². The number of aliphatic hydroxyl groups excluding tert-OH is 1. The van der Waals surface area contributed by atoms with Crippen LogP contribution in [-0.4, -0.2) is 96.7 Å². The van der Waals surface area contributed by atoms with Gasteiger partial charge in [-0.3, -0.25) is 37.3 Å². The third-order valence-corrected chi connectivity index (χ3v) is 22.5. The molecule has 0 aliphatic rings. The van der Waals surface area contributed by atoms with Crippen LogP contribution in [-0.2, 0) is 65.4 Å². The van der Waals surface area contributed by atoms with Crippen LogP contribution >= 0.6 is 15.6 Å². The van der Waals surface area contributed by atoms with Crippen LogP contribution in [0.2, 0.25) is 0 Å². The number of phosphoric acid groups is 2. The fourth-order valence-electron chi connectivity index (χ4n) is 13.4. The van der Waals surface area contributed by atoms with E-state index in [-0.39, 0.29) is 25.7 Å². The number of carbonyl (C=O) groups excluding carboxylic acids is 4. The van der Waals surface area contributed by atoms with E-state index in [1.165, 1.54) is 270 Å². The van der Waals surface area contributed by atoms with Gasteiger partial charge in [0.05, 0.1) is 26.4 Å². The van der Waals surface area contributed by atoms with Crippen LogP contribution < -0.4 is 0 Å². The molecule has 6 atom stereocenters. The van der Waals surface area contributed by atoms with E-state index in [0.29, 0.717) is 25.7 Å². The Morgan fingerprint density at radius 1 is 0.276 bits per heavy atom. The van der Waals surface area contributed by atoms with Gasteiger partial charge in [0.15, 0.2) is 12.2 Å². The smallest absolute Gasteiger partial charge is 0.462 e. The van der Waals surface area contributed by atoms with Crippen LogP contribution in [0.4, 0.5) is 0 Å². The van der Waals surface area contributed by atoms with Gasteiger partial charge in [-0.05, 0) is 37.5 Å². The first-order valence-electron chi connectivity index (χ1n) is 44.5. The van der Waals surface area contributed by atoms with E-state index in [1.54, 1.807) is 0 Å². The first-order valence-corrected chi connectivity index (χ1v) is 47.5. The minimum atomic E-state index is -4.97. The van der Waals surface area contributed by atoms with Gasteiger partial charge in [-0.15, -0.1) is 0 Å². The lowest BCUT2D eigenvalue weighted by atomic mass is 10.00. The summed E-state index contributed by atoms with van der Waals surface area (Å²) < 4.78 is 68.9. The number of unbranched alkanes of at least 4 members (excludes halogenated alkanes) is 54. The number of phosphoric ester groups is 2. The summed E-state index contributed by atoms with van der Waals surface area (Å²) in [7, 11) is -9.93. The number of aliphatic hydroxyl groups is 1. The predicted molar refractivity (Wildman–Crippen MR) is 432 cm³/mol. The Kier molecular flexibility index (Phi) is 76.0. The number of hydrogen-bond acceptors (Lipinski definition) is 15. The Morgan fingerprint density at radius 3 is 0.724 bits per heavy atom. The van der Waals surface area contributed by atoms with E-state index >= 15 is 0 Å². The summed E-state index contributed by atoms with van der Waals surface area (Å²) in [5.41, 5.74) is 0. The molecule has 0 amide bonds. The second-order valence-corrected chi connectivity index (χ2v) is 34.6. The van der Waals surface area contributed by atoms with Crippen LogP contribution in [0.15, 0.2) is 0 Å². The first-order chi connectivity index (χ1) is 50.9. The highest BCUT2D eigenvalue weighted by Crippen LogP contribution is 2.45. The zero-order chi connectivity index (χ0) is 77.1. The molecule has 3 N–H and O–H groups in total. The van der Waals surface area contributed by atoms with Crippen LogP contribution in [0.3, 0.4) is 0 Å². The third kappa shape index (κ3) is 78.5. The van der Waals surface area contributed by atoms with Crippen LogP contribution in [0, 0.1) is 11.8 Å². The quantitative estimate of drug-likeness (QED) is 0.0222. The fourth-order valence-corrected chi connectivity index (χ4v) is 15.0. The highest BCUT2D eigenvalue weighted by atomic mass is 31.2. The van der Waals surface area contributed by atoms with E-state index in [4.69, 9.17) is 37.0 Å². The summed E-state index contributed by atoms with van der Waals surface area (Å²) in [6.07, 6.45) is 69.5. The largest absolute Gasteiger partial charge is 0.472 e. The monoisotopic (exact) mass is 1540 g/mol. The van der Waals surface area contributed by atoms with Crippen molar-refractivity contribution < 1.29 is 80.2 Å². The minimum Gasteiger partial charge on any atom is -0.462 e. The van der Waals surface area contributed by atoms with E-state index in [9.17, 15) is 43.2 Å². The molecule has 0 heterocycles. The van der Waals surface area contributed by atoms with Crippen LogP contribution in [0.25, 0.3) is 0 Å². The Balaban J connectivity index is 5.23. The van der Waals surface area contributed by atoms with Gasteiger partial charge in [0.1, 0.15) is 19.3 Å². The van der Waals surface area contributed by atoms with Crippen LogP contribution in [0.1, 0.15) is 459 Å². The summed E-state index contributed by atoms with van der Waals surface area (Å²) in [4.78, 5) is 73.2. The van der Waals surface area contributed by atoms with Gasteiger partial charge in [0, 0.05) is 25.7 Å². The normalized spacial score (nSPS) is 14.1. The van der Waals surface area contributed by atoms with Gasteiger partial charge >= 0.3 is 39.5 Å². The van der Waals surface area contributed by atoms with E-state index in [1.807, 2.05) is 0 Å².